The lowest BCUT2D eigenvalue weighted by Gasteiger charge is -2.41. The zero-order valence-corrected chi connectivity index (χ0v) is 19.8. The summed E-state index contributed by atoms with van der Waals surface area (Å²) in [4.78, 5) is 41.6. The van der Waals surface area contributed by atoms with Crippen molar-refractivity contribution in [2.24, 2.45) is 0 Å². The molecule has 2 atom stereocenters. The first-order valence-electron chi connectivity index (χ1n) is 12.3. The normalized spacial score (nSPS) is 22.4. The van der Waals surface area contributed by atoms with Gasteiger partial charge in [-0.05, 0) is 62.9 Å². The van der Waals surface area contributed by atoms with Gasteiger partial charge in [0, 0.05) is 25.7 Å². The molecule has 2 heterocycles. The molecule has 2 aliphatic heterocycles. The van der Waals surface area contributed by atoms with Gasteiger partial charge in [-0.1, -0.05) is 25.3 Å². The van der Waals surface area contributed by atoms with Gasteiger partial charge >= 0.3 is 6.09 Å². The van der Waals surface area contributed by atoms with Gasteiger partial charge in [-0.3, -0.25) is 9.59 Å². The quantitative estimate of drug-likeness (QED) is 0.706. The van der Waals surface area contributed by atoms with Crippen molar-refractivity contribution in [3.8, 4) is 5.75 Å². The number of benzene rings is 1. The van der Waals surface area contributed by atoms with E-state index in [-0.39, 0.29) is 24.3 Å². The van der Waals surface area contributed by atoms with Crippen molar-refractivity contribution < 1.29 is 19.1 Å². The van der Waals surface area contributed by atoms with Crippen molar-refractivity contribution in [3.05, 3.63) is 29.3 Å². The van der Waals surface area contributed by atoms with Crippen LogP contribution in [0.5, 0.6) is 5.75 Å². The smallest absolute Gasteiger partial charge is 0.410 e. The number of carbonyl (C=O) groups is 3. The van der Waals surface area contributed by atoms with E-state index < -0.39 is 12.1 Å². The maximum atomic E-state index is 13.2. The van der Waals surface area contributed by atoms with E-state index in [1.54, 1.807) is 4.90 Å². The third-order valence-electron chi connectivity index (χ3n) is 7.12. The summed E-state index contributed by atoms with van der Waals surface area (Å²) in [6.45, 7) is 5.93. The van der Waals surface area contributed by atoms with Crippen molar-refractivity contribution in [2.45, 2.75) is 77.0 Å². The molecule has 2 N–H and O–H groups in total. The van der Waals surface area contributed by atoms with Crippen LogP contribution in [0, 0.1) is 0 Å². The molecule has 1 saturated heterocycles. The second-order valence-electron chi connectivity index (χ2n) is 9.55. The van der Waals surface area contributed by atoms with Crippen LogP contribution >= 0.6 is 0 Å². The minimum atomic E-state index is -0.649. The number of nitrogens with zero attached hydrogens (tertiary/aromatic N) is 2. The fourth-order valence-corrected chi connectivity index (χ4v) is 5.19. The number of ether oxygens (including phenoxy) is 1. The molecule has 8 nitrogen and oxygen atoms in total. The molecule has 1 aromatic carbocycles. The lowest BCUT2D eigenvalue weighted by Crippen LogP contribution is -2.62. The van der Waals surface area contributed by atoms with Crippen LogP contribution in [0.3, 0.4) is 0 Å². The highest BCUT2D eigenvalue weighted by molar-refractivity contribution is 5.90. The van der Waals surface area contributed by atoms with Crippen molar-refractivity contribution in [1.29, 1.82) is 0 Å². The molecule has 0 bridgehead atoms. The summed E-state index contributed by atoms with van der Waals surface area (Å²) in [5, 5.41) is 6.78. The Kier molecular flexibility index (Phi) is 7.65. The molecular weight excluding hydrogens is 420 g/mol. The van der Waals surface area contributed by atoms with Crippen molar-refractivity contribution in [3.63, 3.8) is 0 Å². The molecule has 180 valence electrons. The molecule has 1 aromatic rings. The molecule has 2 fully saturated rings. The highest BCUT2D eigenvalue weighted by Crippen LogP contribution is 2.23. The zero-order valence-electron chi connectivity index (χ0n) is 19.8. The fourth-order valence-electron chi connectivity index (χ4n) is 5.19. The van der Waals surface area contributed by atoms with Crippen LogP contribution in [0.2, 0.25) is 0 Å². The maximum absolute atomic E-state index is 13.2. The van der Waals surface area contributed by atoms with Crippen LogP contribution in [-0.4, -0.2) is 71.9 Å². The summed E-state index contributed by atoms with van der Waals surface area (Å²) in [7, 11) is 0. The zero-order chi connectivity index (χ0) is 23.4. The monoisotopic (exact) mass is 456 g/mol. The number of Topliss-reactive ketones (excluding diaryl/α,β-unsaturated/α-hetero) is 1. The minimum Gasteiger partial charge on any atom is -0.410 e. The maximum Gasteiger partial charge on any atom is 0.415 e. The Labute approximate surface area is 196 Å². The minimum absolute atomic E-state index is 0.0721. The Morgan fingerprint density at radius 2 is 1.91 bits per heavy atom. The van der Waals surface area contributed by atoms with E-state index in [1.165, 1.54) is 42.2 Å². The topological polar surface area (TPSA) is 91.0 Å². The van der Waals surface area contributed by atoms with Crippen LogP contribution in [0.25, 0.3) is 0 Å². The summed E-state index contributed by atoms with van der Waals surface area (Å²) in [6, 6.07) is 5.08. The lowest BCUT2D eigenvalue weighted by atomic mass is 9.95. The Bertz CT molecular complexity index is 883. The Hall–Kier alpha value is -2.45. The number of hydrogen-bond donors (Lipinski definition) is 2. The summed E-state index contributed by atoms with van der Waals surface area (Å²) in [5.74, 6) is 0.327. The summed E-state index contributed by atoms with van der Waals surface area (Å²) < 4.78 is 5.63. The predicted molar refractivity (Wildman–Crippen MR) is 125 cm³/mol. The SMILES string of the molecule is CC(=O)[C@@H]1CN(C(=O)Oc2ccc3c(c2)CCNC3)CCN1C(=O)[C@@H](C)NC1CCCCC1. The average molecular weight is 457 g/mol. The van der Waals surface area contributed by atoms with Crippen molar-refractivity contribution in [2.75, 3.05) is 26.2 Å². The van der Waals surface area contributed by atoms with Gasteiger partial charge in [0.05, 0.1) is 12.6 Å². The molecule has 33 heavy (non-hydrogen) atoms. The van der Waals surface area contributed by atoms with E-state index in [9.17, 15) is 14.4 Å². The van der Waals surface area contributed by atoms with Gasteiger partial charge in [-0.2, -0.15) is 0 Å². The summed E-state index contributed by atoms with van der Waals surface area (Å²) in [6.07, 6.45) is 6.25. The third kappa shape index (κ3) is 5.73. The second-order valence-corrected chi connectivity index (χ2v) is 9.55. The van der Waals surface area contributed by atoms with Gasteiger partial charge < -0.3 is 25.2 Å². The number of amides is 2. The molecule has 8 heteroatoms. The molecule has 0 spiro atoms. The number of carbonyl (C=O) groups excluding carboxylic acids is 3. The first-order chi connectivity index (χ1) is 15.9. The third-order valence-corrected chi connectivity index (χ3v) is 7.12. The van der Waals surface area contributed by atoms with Gasteiger partial charge in [0.1, 0.15) is 11.8 Å². The Balaban J connectivity index is 1.36. The first-order valence-corrected chi connectivity index (χ1v) is 12.3. The van der Waals surface area contributed by atoms with Gasteiger partial charge in [-0.15, -0.1) is 0 Å². The molecule has 0 unspecified atom stereocenters. The van der Waals surface area contributed by atoms with E-state index in [4.69, 9.17) is 4.74 Å². The molecule has 1 saturated carbocycles. The molecule has 1 aliphatic carbocycles. The molecule has 4 rings (SSSR count). The van der Waals surface area contributed by atoms with E-state index in [0.717, 1.165) is 32.4 Å². The van der Waals surface area contributed by atoms with Gasteiger partial charge in [0.25, 0.3) is 0 Å². The number of nitrogens with one attached hydrogen (secondary N) is 2. The standard InChI is InChI=1S/C25H36N4O4/c1-17(27-21-6-4-3-5-7-21)24(31)29-13-12-28(16-23(29)18(2)30)25(32)33-22-9-8-20-15-26-11-10-19(20)14-22/h8-9,14,17,21,23,26-27H,3-7,10-13,15-16H2,1-2H3/t17-,23+/m1/s1. The van der Waals surface area contributed by atoms with Gasteiger partial charge in [-0.25, -0.2) is 4.79 Å². The summed E-state index contributed by atoms with van der Waals surface area (Å²) >= 11 is 0. The molecule has 2 amide bonds. The second kappa shape index (κ2) is 10.7. The first kappa shape index (κ1) is 23.7. The molecule has 3 aliphatic rings. The van der Waals surface area contributed by atoms with Gasteiger partial charge in [0.2, 0.25) is 5.91 Å². The number of fused-ring (bicyclic) bond motifs is 1. The fraction of sp³-hybridized carbons (Fsp3) is 0.640. The number of piperazine rings is 1. The molecule has 0 aromatic heterocycles. The largest absolute Gasteiger partial charge is 0.415 e. The highest BCUT2D eigenvalue weighted by Gasteiger charge is 2.37. The highest BCUT2D eigenvalue weighted by atomic mass is 16.6. The summed E-state index contributed by atoms with van der Waals surface area (Å²) in [5.41, 5.74) is 2.41. The van der Waals surface area contributed by atoms with Crippen molar-refractivity contribution in [1.82, 2.24) is 20.4 Å². The van der Waals surface area contributed by atoms with Crippen LogP contribution in [-0.2, 0) is 22.6 Å². The number of hydrogen-bond acceptors (Lipinski definition) is 6. The van der Waals surface area contributed by atoms with Crippen LogP contribution < -0.4 is 15.4 Å². The predicted octanol–water partition coefficient (Wildman–Crippen LogP) is 2.24. The van der Waals surface area contributed by atoms with Crippen LogP contribution in [0.15, 0.2) is 18.2 Å². The Morgan fingerprint density at radius 3 is 2.67 bits per heavy atom. The average Bonchev–Trinajstić information content (AvgIpc) is 2.83. The van der Waals surface area contributed by atoms with E-state index in [0.29, 0.717) is 24.9 Å². The van der Waals surface area contributed by atoms with E-state index in [2.05, 4.69) is 10.6 Å². The van der Waals surface area contributed by atoms with E-state index >= 15 is 0 Å². The van der Waals surface area contributed by atoms with Gasteiger partial charge in [0.15, 0.2) is 5.78 Å². The van der Waals surface area contributed by atoms with Crippen LogP contribution in [0.4, 0.5) is 4.79 Å². The molecular formula is C25H36N4O4. The molecule has 0 radical (unpaired) electrons. The number of ketones is 1. The van der Waals surface area contributed by atoms with E-state index in [1.807, 2.05) is 25.1 Å². The lowest BCUT2D eigenvalue weighted by molar-refractivity contribution is -0.143. The Morgan fingerprint density at radius 1 is 1.12 bits per heavy atom. The number of rotatable bonds is 5. The van der Waals surface area contributed by atoms with Crippen LogP contribution in [0.1, 0.15) is 57.1 Å². The van der Waals surface area contributed by atoms with Crippen molar-refractivity contribution >= 4 is 17.8 Å².